The Hall–Kier alpha value is -2.11. The molecular formula is C20H24N4O2S2. The van der Waals surface area contributed by atoms with Crippen molar-refractivity contribution in [1.82, 2.24) is 9.97 Å². The van der Waals surface area contributed by atoms with Crippen molar-refractivity contribution in [3.63, 3.8) is 0 Å². The summed E-state index contributed by atoms with van der Waals surface area (Å²) < 4.78 is 0. The largest absolute Gasteiger partial charge is 0.316 e. The summed E-state index contributed by atoms with van der Waals surface area (Å²) in [5.74, 6) is -0.0642. The lowest BCUT2D eigenvalue weighted by molar-refractivity contribution is -0.113. The van der Waals surface area contributed by atoms with Crippen molar-refractivity contribution in [3.8, 4) is 6.07 Å². The van der Waals surface area contributed by atoms with Crippen LogP contribution in [0.4, 0.5) is 5.00 Å². The lowest BCUT2D eigenvalue weighted by Crippen LogP contribution is -2.16. The molecule has 8 heteroatoms. The Morgan fingerprint density at radius 2 is 2.14 bits per heavy atom. The van der Waals surface area contributed by atoms with Crippen LogP contribution in [-0.4, -0.2) is 21.6 Å². The Labute approximate surface area is 172 Å². The fourth-order valence-electron chi connectivity index (χ4n) is 3.36. The summed E-state index contributed by atoms with van der Waals surface area (Å²) in [6, 6.07) is 3.78. The number of fused-ring (bicyclic) bond motifs is 1. The van der Waals surface area contributed by atoms with Gasteiger partial charge < -0.3 is 10.3 Å². The highest BCUT2D eigenvalue weighted by atomic mass is 32.2. The highest BCUT2D eigenvalue weighted by Gasteiger charge is 2.20. The van der Waals surface area contributed by atoms with Crippen molar-refractivity contribution in [2.24, 2.45) is 0 Å². The van der Waals surface area contributed by atoms with E-state index in [0.29, 0.717) is 15.7 Å². The van der Waals surface area contributed by atoms with Crippen molar-refractivity contribution in [3.05, 3.63) is 38.1 Å². The van der Waals surface area contributed by atoms with E-state index in [4.69, 9.17) is 0 Å². The molecule has 0 saturated heterocycles. The normalized spacial score (nSPS) is 13.9. The lowest BCUT2D eigenvalue weighted by atomic mass is 9.97. The first-order valence-corrected chi connectivity index (χ1v) is 11.5. The topological polar surface area (TPSA) is 98.6 Å². The van der Waals surface area contributed by atoms with Gasteiger partial charge in [-0.3, -0.25) is 9.59 Å². The van der Waals surface area contributed by atoms with Gasteiger partial charge in [0.1, 0.15) is 11.1 Å². The SMILES string of the molecule is CCCc1cc(=O)[nH]c(SCC(=O)Nc2sc3c(c2C#N)CCCCCC3)n1. The van der Waals surface area contributed by atoms with Gasteiger partial charge in [-0.05, 0) is 37.7 Å². The molecule has 0 unspecified atom stereocenters. The number of nitrogens with zero attached hydrogens (tertiary/aromatic N) is 2. The van der Waals surface area contributed by atoms with E-state index in [1.165, 1.54) is 46.9 Å². The van der Waals surface area contributed by atoms with E-state index in [1.807, 2.05) is 6.92 Å². The Bertz CT molecular complexity index is 943. The third-order valence-corrected chi connectivity index (χ3v) is 6.74. The van der Waals surface area contributed by atoms with Gasteiger partial charge in [0.05, 0.1) is 11.3 Å². The molecule has 2 aromatic heterocycles. The average Bonchev–Trinajstić information content (AvgIpc) is 2.95. The van der Waals surface area contributed by atoms with Crippen LogP contribution < -0.4 is 10.9 Å². The van der Waals surface area contributed by atoms with Gasteiger partial charge in [0.15, 0.2) is 5.16 Å². The minimum Gasteiger partial charge on any atom is -0.316 e. The molecule has 1 aliphatic carbocycles. The molecule has 0 bridgehead atoms. The maximum absolute atomic E-state index is 12.4. The molecule has 0 fully saturated rings. The molecule has 3 rings (SSSR count). The minimum absolute atomic E-state index is 0.131. The number of anilines is 1. The van der Waals surface area contributed by atoms with Gasteiger partial charge in [0, 0.05) is 16.6 Å². The smallest absolute Gasteiger partial charge is 0.251 e. The second-order valence-electron chi connectivity index (χ2n) is 6.86. The third kappa shape index (κ3) is 5.24. The van der Waals surface area contributed by atoms with E-state index in [1.54, 1.807) is 0 Å². The number of hydrogen-bond acceptors (Lipinski definition) is 6. The summed E-state index contributed by atoms with van der Waals surface area (Å²) in [5, 5.41) is 13.6. The highest BCUT2D eigenvalue weighted by Crippen LogP contribution is 2.36. The molecule has 0 radical (unpaired) electrons. The molecule has 28 heavy (non-hydrogen) atoms. The second kappa shape index (κ2) is 9.89. The number of nitriles is 1. The number of carbonyl (C=O) groups is 1. The minimum atomic E-state index is -0.203. The number of rotatable bonds is 6. The number of nitrogens with one attached hydrogen (secondary N) is 2. The van der Waals surface area contributed by atoms with Crippen molar-refractivity contribution in [1.29, 1.82) is 5.26 Å². The first-order chi connectivity index (χ1) is 13.6. The summed E-state index contributed by atoms with van der Waals surface area (Å²) >= 11 is 2.73. The van der Waals surface area contributed by atoms with Crippen molar-refractivity contribution >= 4 is 34.0 Å². The number of aromatic nitrogens is 2. The number of thiophene rings is 1. The van der Waals surface area contributed by atoms with Gasteiger partial charge in [-0.15, -0.1) is 11.3 Å². The number of amides is 1. The summed E-state index contributed by atoms with van der Waals surface area (Å²) in [6.45, 7) is 2.03. The quantitative estimate of drug-likeness (QED) is 0.547. The molecule has 1 aliphatic rings. The van der Waals surface area contributed by atoms with E-state index in [-0.39, 0.29) is 17.2 Å². The van der Waals surface area contributed by atoms with E-state index < -0.39 is 0 Å². The van der Waals surface area contributed by atoms with Crippen LogP contribution in [0.25, 0.3) is 0 Å². The molecule has 148 valence electrons. The number of aromatic amines is 1. The molecule has 0 aromatic carbocycles. The monoisotopic (exact) mass is 416 g/mol. The Kier molecular flexibility index (Phi) is 7.29. The van der Waals surface area contributed by atoms with E-state index in [0.717, 1.165) is 49.8 Å². The fourth-order valence-corrected chi connectivity index (χ4v) is 5.31. The van der Waals surface area contributed by atoms with Gasteiger partial charge in [0.2, 0.25) is 5.91 Å². The van der Waals surface area contributed by atoms with Crippen LogP contribution in [-0.2, 0) is 24.1 Å². The number of hydrogen-bond donors (Lipinski definition) is 2. The van der Waals surface area contributed by atoms with E-state index in [9.17, 15) is 14.9 Å². The Morgan fingerprint density at radius 1 is 1.36 bits per heavy atom. The van der Waals surface area contributed by atoms with Crippen molar-refractivity contribution < 1.29 is 4.79 Å². The number of H-pyrrole nitrogens is 1. The van der Waals surface area contributed by atoms with Gasteiger partial charge in [-0.2, -0.15) is 5.26 Å². The van der Waals surface area contributed by atoms with Crippen LogP contribution in [0.15, 0.2) is 16.0 Å². The highest BCUT2D eigenvalue weighted by molar-refractivity contribution is 7.99. The molecule has 2 N–H and O–H groups in total. The van der Waals surface area contributed by atoms with Gasteiger partial charge in [0.25, 0.3) is 5.56 Å². The molecule has 2 heterocycles. The van der Waals surface area contributed by atoms with Crippen LogP contribution in [0.1, 0.15) is 60.7 Å². The van der Waals surface area contributed by atoms with Crippen molar-refractivity contribution in [2.75, 3.05) is 11.1 Å². The van der Waals surface area contributed by atoms with Crippen LogP contribution >= 0.6 is 23.1 Å². The number of thioether (sulfide) groups is 1. The summed E-state index contributed by atoms with van der Waals surface area (Å²) in [5.41, 5.74) is 2.27. The molecule has 6 nitrogen and oxygen atoms in total. The zero-order chi connectivity index (χ0) is 19.9. The van der Waals surface area contributed by atoms with Crippen LogP contribution in [0.5, 0.6) is 0 Å². The number of carbonyl (C=O) groups excluding carboxylic acids is 1. The predicted octanol–water partition coefficient (Wildman–Crippen LogP) is 4.05. The molecule has 2 aromatic rings. The zero-order valence-corrected chi connectivity index (χ0v) is 17.6. The maximum atomic E-state index is 12.4. The van der Waals surface area contributed by atoms with Gasteiger partial charge in [-0.25, -0.2) is 4.98 Å². The molecular weight excluding hydrogens is 392 g/mol. The molecule has 0 aliphatic heterocycles. The second-order valence-corrected chi connectivity index (χ2v) is 8.93. The van der Waals surface area contributed by atoms with Crippen LogP contribution in [0.3, 0.4) is 0 Å². The average molecular weight is 417 g/mol. The Morgan fingerprint density at radius 3 is 2.89 bits per heavy atom. The third-order valence-electron chi connectivity index (χ3n) is 4.66. The molecule has 0 atom stereocenters. The zero-order valence-electron chi connectivity index (χ0n) is 16.0. The van der Waals surface area contributed by atoms with Gasteiger partial charge >= 0.3 is 0 Å². The Balaban J connectivity index is 1.68. The molecule has 1 amide bonds. The standard InChI is InChI=1S/C20H24N4O2S2/c1-2-7-13-10-17(25)24-20(22-13)27-12-18(26)23-19-15(11-21)14-8-5-3-4-6-9-16(14)28-19/h10H,2-9,12H2,1H3,(H,23,26)(H,22,24,25). The van der Waals surface area contributed by atoms with E-state index in [2.05, 4.69) is 21.4 Å². The first-order valence-electron chi connectivity index (χ1n) is 9.68. The summed E-state index contributed by atoms with van der Waals surface area (Å²) in [4.78, 5) is 32.5. The fraction of sp³-hybridized carbons (Fsp3) is 0.500. The van der Waals surface area contributed by atoms with Gasteiger partial charge in [-0.1, -0.05) is 37.9 Å². The maximum Gasteiger partial charge on any atom is 0.251 e. The molecule has 0 saturated carbocycles. The lowest BCUT2D eigenvalue weighted by Gasteiger charge is -2.08. The summed E-state index contributed by atoms with van der Waals surface area (Å²) in [7, 11) is 0. The molecule has 0 spiro atoms. The van der Waals surface area contributed by atoms with Crippen molar-refractivity contribution in [2.45, 2.75) is 63.4 Å². The van der Waals surface area contributed by atoms with Crippen LogP contribution in [0, 0.1) is 11.3 Å². The first kappa shape index (κ1) is 20.6. The van der Waals surface area contributed by atoms with Crippen LogP contribution in [0.2, 0.25) is 0 Å². The predicted molar refractivity (Wildman–Crippen MR) is 113 cm³/mol. The van der Waals surface area contributed by atoms with E-state index >= 15 is 0 Å². The summed E-state index contributed by atoms with van der Waals surface area (Å²) in [6.07, 6.45) is 8.17. The number of aryl methyl sites for hydroxylation is 2.